The lowest BCUT2D eigenvalue weighted by Gasteiger charge is -2.34. The van der Waals surface area contributed by atoms with Gasteiger partial charge in [0.1, 0.15) is 15.8 Å². The normalized spacial score (nSPS) is 18.1. The number of hydrogen-bond donors (Lipinski definition) is 0. The SMILES string of the molecule is Cc1ccc2nc(N3CCN(C)CC3)c(/C=C3\SC(=S)N(CCCc4ccccc4)C3=O)c(=O)n2c1. The van der Waals surface area contributed by atoms with Crippen LogP contribution in [0, 0.1) is 6.92 Å². The third kappa shape index (κ3) is 5.09. The monoisotopic (exact) mass is 519 g/mol. The maximum atomic E-state index is 13.7. The standard InChI is InChI=1S/C27H29N5O2S2/c1-19-10-11-23-28-24(30-15-13-29(2)14-16-30)21(25(33)32(23)18-19)17-22-26(34)31(27(35)36-22)12-6-9-20-7-4-3-5-8-20/h3-5,7-8,10-11,17-18H,6,9,12-16H2,1-2H3/b22-17-. The first-order chi connectivity index (χ1) is 17.4. The molecule has 0 radical (unpaired) electrons. The van der Waals surface area contributed by atoms with Gasteiger partial charge in [0, 0.05) is 38.9 Å². The number of thioether (sulfide) groups is 1. The number of rotatable bonds is 6. The Morgan fingerprint density at radius 1 is 1.06 bits per heavy atom. The Morgan fingerprint density at radius 3 is 2.56 bits per heavy atom. The summed E-state index contributed by atoms with van der Waals surface area (Å²) in [5.41, 5.74) is 3.07. The van der Waals surface area contributed by atoms with Crippen LogP contribution in [0.25, 0.3) is 11.7 Å². The molecule has 2 aliphatic heterocycles. The van der Waals surface area contributed by atoms with Crippen LogP contribution in [0.15, 0.2) is 58.4 Å². The van der Waals surface area contributed by atoms with Gasteiger partial charge >= 0.3 is 0 Å². The molecule has 2 aromatic heterocycles. The largest absolute Gasteiger partial charge is 0.353 e. The molecule has 9 heteroatoms. The molecule has 2 saturated heterocycles. The molecule has 4 heterocycles. The Labute approximate surface area is 220 Å². The van der Waals surface area contributed by atoms with Crippen LogP contribution in [0.3, 0.4) is 0 Å². The van der Waals surface area contributed by atoms with E-state index in [1.165, 1.54) is 17.3 Å². The smallest absolute Gasteiger partial charge is 0.267 e. The number of amides is 1. The highest BCUT2D eigenvalue weighted by Crippen LogP contribution is 2.34. The number of carbonyl (C=O) groups excluding carboxylic acids is 1. The van der Waals surface area contributed by atoms with E-state index in [4.69, 9.17) is 17.2 Å². The number of fused-ring (bicyclic) bond motifs is 1. The van der Waals surface area contributed by atoms with Gasteiger partial charge in [0.25, 0.3) is 11.5 Å². The van der Waals surface area contributed by atoms with Crippen LogP contribution in [0.1, 0.15) is 23.1 Å². The first kappa shape index (κ1) is 24.7. The molecule has 0 unspecified atom stereocenters. The van der Waals surface area contributed by atoms with Crippen LogP contribution in [-0.4, -0.2) is 69.2 Å². The molecular formula is C27H29N5O2S2. The molecule has 0 bridgehead atoms. The first-order valence-corrected chi connectivity index (χ1v) is 13.4. The third-order valence-corrected chi connectivity index (χ3v) is 8.01. The van der Waals surface area contributed by atoms with E-state index in [1.807, 2.05) is 37.3 Å². The Morgan fingerprint density at radius 2 is 1.81 bits per heavy atom. The van der Waals surface area contributed by atoms with Gasteiger partial charge < -0.3 is 9.80 Å². The second-order valence-corrected chi connectivity index (χ2v) is 11.0. The number of piperazine rings is 1. The second kappa shape index (κ2) is 10.5. The van der Waals surface area contributed by atoms with E-state index < -0.39 is 0 Å². The molecule has 0 spiro atoms. The van der Waals surface area contributed by atoms with E-state index in [9.17, 15) is 9.59 Å². The average molecular weight is 520 g/mol. The number of benzene rings is 1. The van der Waals surface area contributed by atoms with E-state index >= 15 is 0 Å². The van der Waals surface area contributed by atoms with Gasteiger partial charge in [-0.3, -0.25) is 18.9 Å². The van der Waals surface area contributed by atoms with Crippen LogP contribution in [0.2, 0.25) is 0 Å². The molecular weight excluding hydrogens is 490 g/mol. The zero-order valence-electron chi connectivity index (χ0n) is 20.5. The fourth-order valence-corrected chi connectivity index (χ4v) is 5.83. The molecule has 0 atom stereocenters. The molecule has 2 fully saturated rings. The molecule has 1 amide bonds. The van der Waals surface area contributed by atoms with E-state index in [0.717, 1.165) is 44.6 Å². The molecule has 186 valence electrons. The van der Waals surface area contributed by atoms with Crippen molar-refractivity contribution in [2.45, 2.75) is 19.8 Å². The average Bonchev–Trinajstić information content (AvgIpc) is 3.14. The Bertz CT molecular complexity index is 1390. The summed E-state index contributed by atoms with van der Waals surface area (Å²) in [6, 6.07) is 14.0. The Hall–Kier alpha value is -3.01. The Balaban J connectivity index is 1.46. The van der Waals surface area contributed by atoms with Gasteiger partial charge in [-0.1, -0.05) is 60.4 Å². The fraction of sp³-hybridized carbons (Fsp3) is 0.333. The summed E-state index contributed by atoms with van der Waals surface area (Å²) in [4.78, 5) is 38.4. The van der Waals surface area contributed by atoms with Gasteiger partial charge in [-0.15, -0.1) is 0 Å². The summed E-state index contributed by atoms with van der Waals surface area (Å²) in [5.74, 6) is 0.488. The Kier molecular flexibility index (Phi) is 7.22. The van der Waals surface area contributed by atoms with E-state index in [1.54, 1.807) is 21.6 Å². The number of nitrogens with zero attached hydrogens (tertiary/aromatic N) is 5. The van der Waals surface area contributed by atoms with Gasteiger partial charge in [-0.05, 0) is 50.1 Å². The van der Waals surface area contributed by atoms with Crippen molar-refractivity contribution >= 4 is 51.7 Å². The van der Waals surface area contributed by atoms with Crippen molar-refractivity contribution < 1.29 is 4.79 Å². The topological polar surface area (TPSA) is 61.2 Å². The van der Waals surface area contributed by atoms with E-state index in [0.29, 0.717) is 32.8 Å². The number of pyridine rings is 1. The zero-order valence-corrected chi connectivity index (χ0v) is 22.1. The van der Waals surface area contributed by atoms with Crippen molar-refractivity contribution in [2.75, 3.05) is 44.7 Å². The lowest BCUT2D eigenvalue weighted by atomic mass is 10.1. The molecule has 5 rings (SSSR count). The van der Waals surface area contributed by atoms with Crippen molar-refractivity contribution in [3.05, 3.63) is 80.6 Å². The highest BCUT2D eigenvalue weighted by molar-refractivity contribution is 8.26. The maximum absolute atomic E-state index is 13.7. The van der Waals surface area contributed by atoms with Gasteiger partial charge in [0.15, 0.2) is 0 Å². The van der Waals surface area contributed by atoms with Crippen molar-refractivity contribution in [1.29, 1.82) is 0 Å². The van der Waals surface area contributed by atoms with Crippen LogP contribution in [-0.2, 0) is 11.2 Å². The van der Waals surface area contributed by atoms with Crippen LogP contribution < -0.4 is 10.5 Å². The summed E-state index contributed by atoms with van der Waals surface area (Å²) in [6.07, 6.45) is 5.19. The summed E-state index contributed by atoms with van der Waals surface area (Å²) in [6.45, 7) is 5.81. The molecule has 1 aromatic carbocycles. The summed E-state index contributed by atoms with van der Waals surface area (Å²) in [7, 11) is 2.09. The summed E-state index contributed by atoms with van der Waals surface area (Å²) in [5, 5.41) is 0. The minimum Gasteiger partial charge on any atom is -0.353 e. The molecule has 0 aliphatic carbocycles. The number of hydrogen-bond acceptors (Lipinski definition) is 7. The predicted octanol–water partition coefficient (Wildman–Crippen LogP) is 3.59. The van der Waals surface area contributed by atoms with Gasteiger partial charge in [-0.25, -0.2) is 4.98 Å². The van der Waals surface area contributed by atoms with Crippen LogP contribution >= 0.6 is 24.0 Å². The van der Waals surface area contributed by atoms with Gasteiger partial charge in [-0.2, -0.15) is 0 Å². The highest BCUT2D eigenvalue weighted by atomic mass is 32.2. The number of anilines is 1. The molecule has 0 saturated carbocycles. The fourth-order valence-electron chi connectivity index (χ4n) is 4.54. The molecule has 0 N–H and O–H groups in total. The summed E-state index contributed by atoms with van der Waals surface area (Å²) < 4.78 is 2.10. The van der Waals surface area contributed by atoms with E-state index in [2.05, 4.69) is 29.0 Å². The molecule has 2 aliphatic rings. The minimum atomic E-state index is -0.174. The number of aromatic nitrogens is 2. The van der Waals surface area contributed by atoms with Crippen molar-refractivity contribution in [1.82, 2.24) is 19.2 Å². The number of likely N-dealkylation sites (N-methyl/N-ethyl adjacent to an activating group) is 1. The number of aryl methyl sites for hydroxylation is 2. The lowest BCUT2D eigenvalue weighted by Crippen LogP contribution is -2.45. The van der Waals surface area contributed by atoms with Gasteiger partial charge in [0.05, 0.1) is 10.5 Å². The van der Waals surface area contributed by atoms with Crippen LogP contribution in [0.5, 0.6) is 0 Å². The van der Waals surface area contributed by atoms with Crippen molar-refractivity contribution in [3.63, 3.8) is 0 Å². The quantitative estimate of drug-likeness (QED) is 0.364. The van der Waals surface area contributed by atoms with Gasteiger partial charge in [0.2, 0.25) is 0 Å². The molecule has 3 aromatic rings. The van der Waals surface area contributed by atoms with Crippen LogP contribution in [0.4, 0.5) is 5.82 Å². The first-order valence-electron chi connectivity index (χ1n) is 12.2. The van der Waals surface area contributed by atoms with E-state index in [-0.39, 0.29) is 11.5 Å². The maximum Gasteiger partial charge on any atom is 0.267 e. The minimum absolute atomic E-state index is 0.142. The predicted molar refractivity (Wildman–Crippen MR) is 151 cm³/mol. The molecule has 7 nitrogen and oxygen atoms in total. The lowest BCUT2D eigenvalue weighted by molar-refractivity contribution is -0.122. The van der Waals surface area contributed by atoms with Crippen molar-refractivity contribution in [2.24, 2.45) is 0 Å². The molecule has 36 heavy (non-hydrogen) atoms. The summed E-state index contributed by atoms with van der Waals surface area (Å²) >= 11 is 6.81. The number of carbonyl (C=O) groups is 1. The third-order valence-electron chi connectivity index (χ3n) is 6.63. The van der Waals surface area contributed by atoms with Crippen molar-refractivity contribution in [3.8, 4) is 0 Å². The number of thiocarbonyl (C=S) groups is 1. The highest BCUT2D eigenvalue weighted by Gasteiger charge is 2.32. The second-order valence-electron chi connectivity index (χ2n) is 9.30. The zero-order chi connectivity index (χ0) is 25.2.